The van der Waals surface area contributed by atoms with Crippen LogP contribution in [-0.2, 0) is 20.2 Å². The van der Waals surface area contributed by atoms with Gasteiger partial charge in [-0.05, 0) is 48.7 Å². The first-order valence-electron chi connectivity index (χ1n) is 10.5. The van der Waals surface area contributed by atoms with E-state index in [1.165, 1.54) is 18.2 Å². The van der Waals surface area contributed by atoms with Crippen molar-refractivity contribution in [3.05, 3.63) is 125 Å². The Morgan fingerprint density at radius 2 is 1.50 bits per heavy atom. The number of allylic oxidation sites excluding steroid dienone is 1. The van der Waals surface area contributed by atoms with Crippen LogP contribution in [0.4, 0.5) is 5.69 Å². The van der Waals surface area contributed by atoms with Crippen molar-refractivity contribution in [1.82, 2.24) is 0 Å². The zero-order chi connectivity index (χ0) is 26.8. The van der Waals surface area contributed by atoms with Crippen LogP contribution in [0.15, 0.2) is 114 Å². The summed E-state index contributed by atoms with van der Waals surface area (Å²) in [6, 6.07) is 16.7. The summed E-state index contributed by atoms with van der Waals surface area (Å²) in [7, 11) is -10.1. The van der Waals surface area contributed by atoms with E-state index in [0.717, 1.165) is 9.47 Å². The van der Waals surface area contributed by atoms with Crippen molar-refractivity contribution in [2.75, 3.05) is 4.90 Å². The van der Waals surface area contributed by atoms with Crippen LogP contribution in [0.1, 0.15) is 11.3 Å². The minimum Gasteiger partial charge on any atom is -0.742 e. The minimum atomic E-state index is -5.07. The summed E-state index contributed by atoms with van der Waals surface area (Å²) in [6.07, 6.45) is 4.65. The molecule has 0 spiro atoms. The molecule has 0 aliphatic carbocycles. The fourth-order valence-corrected chi connectivity index (χ4v) is 5.13. The summed E-state index contributed by atoms with van der Waals surface area (Å²) in [6.45, 7) is 6.68. The summed E-state index contributed by atoms with van der Waals surface area (Å²) in [5.74, 6) is 0. The Labute approximate surface area is 242 Å². The Morgan fingerprint density at radius 1 is 0.842 bits per heavy atom. The SMILES string of the molecule is C=C=C=C(N1C(=Cc2ccc3ccccc3[n+]2C(=C=C=C)S(=O)(=O)[O-])C=Cc2ccccc21)S(=O)(=O)[O-].[Na+]. The summed E-state index contributed by atoms with van der Waals surface area (Å²) in [5.41, 5.74) is 10.6. The Balaban J connectivity index is 0.00000400. The second kappa shape index (κ2) is 11.5. The van der Waals surface area contributed by atoms with Crippen LogP contribution in [0.3, 0.4) is 0 Å². The Morgan fingerprint density at radius 3 is 2.16 bits per heavy atom. The number of fused-ring (bicyclic) bond motifs is 2. The van der Waals surface area contributed by atoms with Crippen molar-refractivity contribution in [3.63, 3.8) is 0 Å². The third-order valence-corrected chi connectivity index (χ3v) is 6.82. The average molecular weight is 553 g/mol. The number of anilines is 1. The number of hydrogen-bond acceptors (Lipinski definition) is 7. The number of para-hydroxylation sites is 2. The molecule has 3 aromatic rings. The number of pyridine rings is 1. The molecule has 4 rings (SSSR count). The van der Waals surface area contributed by atoms with E-state index in [9.17, 15) is 25.9 Å². The van der Waals surface area contributed by atoms with Gasteiger partial charge >= 0.3 is 34.6 Å². The zero-order valence-corrected chi connectivity index (χ0v) is 23.7. The summed E-state index contributed by atoms with van der Waals surface area (Å²) >= 11 is 0. The Hall–Kier alpha value is -3.45. The van der Waals surface area contributed by atoms with Crippen molar-refractivity contribution in [1.29, 1.82) is 0 Å². The molecule has 0 unspecified atom stereocenters. The topological polar surface area (TPSA) is 122 Å². The van der Waals surface area contributed by atoms with Crippen molar-refractivity contribution in [2.45, 2.75) is 0 Å². The maximum absolute atomic E-state index is 12.2. The molecule has 0 saturated heterocycles. The Bertz CT molecular complexity index is 1920. The third-order valence-electron chi connectivity index (χ3n) is 5.31. The van der Waals surface area contributed by atoms with Gasteiger partial charge in [-0.3, -0.25) is 4.90 Å². The summed E-state index contributed by atoms with van der Waals surface area (Å²) < 4.78 is 74.5. The average Bonchev–Trinajstić information content (AvgIpc) is 2.85. The normalized spacial score (nSPS) is 13.4. The van der Waals surface area contributed by atoms with E-state index in [-0.39, 0.29) is 40.9 Å². The molecule has 1 aromatic heterocycles. The number of rotatable bonds is 5. The molecule has 0 N–H and O–H groups in total. The Kier molecular flexibility index (Phi) is 8.82. The smallest absolute Gasteiger partial charge is 0.742 e. The van der Waals surface area contributed by atoms with Gasteiger partial charge in [0.15, 0.2) is 15.1 Å². The molecule has 8 nitrogen and oxygen atoms in total. The van der Waals surface area contributed by atoms with Crippen LogP contribution in [-0.4, -0.2) is 25.9 Å². The first kappa shape index (κ1) is 29.1. The molecule has 11 heteroatoms. The van der Waals surface area contributed by atoms with Gasteiger partial charge in [0.2, 0.25) is 11.2 Å². The quantitative estimate of drug-likeness (QED) is 0.197. The molecular formula is C27H17N2NaO6S2. The van der Waals surface area contributed by atoms with Crippen molar-refractivity contribution < 1.29 is 60.1 Å². The molecule has 0 saturated carbocycles. The second-order valence-corrected chi connectivity index (χ2v) is 10.2. The van der Waals surface area contributed by atoms with Gasteiger partial charge in [0.05, 0.1) is 11.4 Å². The molecule has 0 radical (unpaired) electrons. The maximum atomic E-state index is 12.2. The number of nitrogens with zero attached hydrogens (tertiary/aromatic N) is 2. The monoisotopic (exact) mass is 552 g/mol. The van der Waals surface area contributed by atoms with Gasteiger partial charge < -0.3 is 9.11 Å². The first-order chi connectivity index (χ1) is 17.6. The molecule has 0 bridgehead atoms. The molecule has 0 amide bonds. The van der Waals surface area contributed by atoms with Crippen LogP contribution in [0.2, 0.25) is 0 Å². The van der Waals surface area contributed by atoms with E-state index in [2.05, 4.69) is 36.1 Å². The number of hydrogen-bond donors (Lipinski definition) is 0. The molecule has 184 valence electrons. The van der Waals surface area contributed by atoms with Gasteiger partial charge in [-0.2, -0.15) is 0 Å². The second-order valence-electron chi connectivity index (χ2n) is 7.57. The standard InChI is InChI=1S/C27H18N2O6S2.Na/c1-3-9-26(36(30,31)32)28-22(17-15-20-11-5-7-13-24(20)28)19-23-18-16-21-12-6-8-14-25(21)29(23)27(10-4-2)37(33,34)35;/h5-8,11-19H,1-2H2,(H-,30,31,32,33,34,35);/q;+1/p-1. The van der Waals surface area contributed by atoms with E-state index in [1.807, 2.05) is 0 Å². The minimum absolute atomic E-state index is 0. The molecular weight excluding hydrogens is 535 g/mol. The van der Waals surface area contributed by atoms with Gasteiger partial charge in [0.25, 0.3) is 0 Å². The van der Waals surface area contributed by atoms with E-state index in [0.29, 0.717) is 22.2 Å². The molecule has 38 heavy (non-hydrogen) atoms. The molecule has 0 atom stereocenters. The molecule has 2 aromatic carbocycles. The first-order valence-corrected chi connectivity index (χ1v) is 13.3. The number of benzene rings is 2. The van der Waals surface area contributed by atoms with Crippen LogP contribution >= 0.6 is 0 Å². The van der Waals surface area contributed by atoms with Crippen molar-refractivity contribution in [2.24, 2.45) is 0 Å². The molecule has 1 aliphatic heterocycles. The van der Waals surface area contributed by atoms with Crippen LogP contribution < -0.4 is 39.0 Å². The van der Waals surface area contributed by atoms with Crippen molar-refractivity contribution in [3.8, 4) is 0 Å². The van der Waals surface area contributed by atoms with Crippen LogP contribution in [0, 0.1) is 0 Å². The fraction of sp³-hybridized carbons (Fsp3) is 0. The van der Waals surface area contributed by atoms with E-state index < -0.39 is 30.3 Å². The van der Waals surface area contributed by atoms with Gasteiger partial charge in [0, 0.05) is 29.3 Å². The summed E-state index contributed by atoms with van der Waals surface area (Å²) in [4.78, 5) is 1.15. The maximum Gasteiger partial charge on any atom is 1.00 e. The third kappa shape index (κ3) is 5.83. The van der Waals surface area contributed by atoms with Gasteiger partial charge in [-0.15, -0.1) is 4.57 Å². The molecule has 1 aliphatic rings. The van der Waals surface area contributed by atoms with Gasteiger partial charge in [-0.25, -0.2) is 16.8 Å². The van der Waals surface area contributed by atoms with Gasteiger partial charge in [-0.1, -0.05) is 47.9 Å². The van der Waals surface area contributed by atoms with Crippen LogP contribution in [0.25, 0.3) is 28.1 Å². The van der Waals surface area contributed by atoms with E-state index >= 15 is 0 Å². The van der Waals surface area contributed by atoms with Gasteiger partial charge in [0.1, 0.15) is 10.1 Å². The van der Waals surface area contributed by atoms with Crippen molar-refractivity contribution >= 4 is 54.0 Å². The van der Waals surface area contributed by atoms with E-state index in [1.54, 1.807) is 60.7 Å². The van der Waals surface area contributed by atoms with E-state index in [4.69, 9.17) is 0 Å². The number of aromatic nitrogens is 1. The predicted molar refractivity (Wildman–Crippen MR) is 138 cm³/mol. The predicted octanol–water partition coefficient (Wildman–Crippen LogP) is 0.616. The molecule has 0 fully saturated rings. The fourth-order valence-electron chi connectivity index (χ4n) is 3.88. The largest absolute Gasteiger partial charge is 1.00 e. The zero-order valence-electron chi connectivity index (χ0n) is 20.1. The van der Waals surface area contributed by atoms with Crippen LogP contribution in [0.5, 0.6) is 0 Å². The summed E-state index contributed by atoms with van der Waals surface area (Å²) in [5, 5.41) is -0.928. The molecule has 2 heterocycles.